The van der Waals surface area contributed by atoms with E-state index in [1.807, 2.05) is 7.05 Å². The number of ether oxygens (including phenoxy) is 1. The van der Waals surface area contributed by atoms with E-state index >= 15 is 0 Å². The van der Waals surface area contributed by atoms with Crippen molar-refractivity contribution in [2.75, 3.05) is 14.2 Å². The molecule has 1 aliphatic carbocycles. The Labute approximate surface area is 83.1 Å². The lowest BCUT2D eigenvalue weighted by Gasteiger charge is -2.17. The minimum atomic E-state index is -0.206. The number of rotatable bonds is 3. The standard InChI is InChI=1S/C11H14FNO/c1-13-11(5-6-11)9-7-8(12)3-4-10(9)14-2/h3-4,7,13H,5-6H2,1-2H3. The maximum absolute atomic E-state index is 13.1. The van der Waals surface area contributed by atoms with Crippen molar-refractivity contribution < 1.29 is 9.13 Å². The molecule has 1 aromatic carbocycles. The molecular weight excluding hydrogens is 181 g/mol. The fourth-order valence-corrected chi connectivity index (χ4v) is 1.83. The number of benzene rings is 1. The quantitative estimate of drug-likeness (QED) is 0.797. The molecule has 0 amide bonds. The van der Waals surface area contributed by atoms with Gasteiger partial charge in [0.05, 0.1) is 7.11 Å². The fraction of sp³-hybridized carbons (Fsp3) is 0.455. The molecule has 3 heteroatoms. The predicted octanol–water partition coefficient (Wildman–Crippen LogP) is 2.04. The van der Waals surface area contributed by atoms with Crippen molar-refractivity contribution in [1.29, 1.82) is 0 Å². The molecule has 0 radical (unpaired) electrons. The number of hydrogen-bond donors (Lipinski definition) is 1. The Bertz CT molecular complexity index is 347. The molecule has 0 atom stereocenters. The Balaban J connectivity index is 2.44. The summed E-state index contributed by atoms with van der Waals surface area (Å²) in [5, 5.41) is 3.22. The van der Waals surface area contributed by atoms with Crippen molar-refractivity contribution in [1.82, 2.24) is 5.32 Å². The highest BCUT2D eigenvalue weighted by Crippen LogP contribution is 2.48. The minimum Gasteiger partial charge on any atom is -0.496 e. The molecule has 0 spiro atoms. The lowest BCUT2D eigenvalue weighted by Crippen LogP contribution is -2.25. The molecule has 1 fully saturated rings. The maximum Gasteiger partial charge on any atom is 0.124 e. The lowest BCUT2D eigenvalue weighted by atomic mass is 10.0. The number of hydrogen-bond acceptors (Lipinski definition) is 2. The van der Waals surface area contributed by atoms with Gasteiger partial charge in [-0.05, 0) is 38.1 Å². The molecule has 0 unspecified atom stereocenters. The van der Waals surface area contributed by atoms with E-state index in [0.29, 0.717) is 0 Å². The van der Waals surface area contributed by atoms with Gasteiger partial charge < -0.3 is 10.1 Å². The summed E-state index contributed by atoms with van der Waals surface area (Å²) in [7, 11) is 3.51. The maximum atomic E-state index is 13.1. The molecule has 1 aliphatic rings. The summed E-state index contributed by atoms with van der Waals surface area (Å²) in [4.78, 5) is 0. The largest absolute Gasteiger partial charge is 0.496 e. The first-order chi connectivity index (χ1) is 6.72. The molecule has 1 saturated carbocycles. The van der Waals surface area contributed by atoms with Crippen molar-refractivity contribution in [3.63, 3.8) is 0 Å². The summed E-state index contributed by atoms with van der Waals surface area (Å²) in [6.45, 7) is 0. The number of nitrogens with one attached hydrogen (secondary N) is 1. The molecule has 2 rings (SSSR count). The highest BCUT2D eigenvalue weighted by molar-refractivity contribution is 5.42. The van der Waals surface area contributed by atoms with Crippen molar-refractivity contribution >= 4 is 0 Å². The van der Waals surface area contributed by atoms with Crippen LogP contribution in [0.4, 0.5) is 4.39 Å². The van der Waals surface area contributed by atoms with E-state index in [4.69, 9.17) is 4.74 Å². The van der Waals surface area contributed by atoms with Crippen LogP contribution in [0.1, 0.15) is 18.4 Å². The third-order valence-corrected chi connectivity index (χ3v) is 2.91. The summed E-state index contributed by atoms with van der Waals surface area (Å²) < 4.78 is 18.3. The first-order valence-electron chi connectivity index (χ1n) is 4.75. The van der Waals surface area contributed by atoms with Gasteiger partial charge >= 0.3 is 0 Å². The Morgan fingerprint density at radius 1 is 1.43 bits per heavy atom. The van der Waals surface area contributed by atoms with Crippen LogP contribution in [-0.4, -0.2) is 14.2 Å². The van der Waals surface area contributed by atoms with Gasteiger partial charge in [-0.15, -0.1) is 0 Å². The normalized spacial score (nSPS) is 17.9. The predicted molar refractivity (Wildman–Crippen MR) is 52.9 cm³/mol. The summed E-state index contributed by atoms with van der Waals surface area (Å²) in [6.07, 6.45) is 2.09. The molecule has 14 heavy (non-hydrogen) atoms. The Morgan fingerprint density at radius 3 is 2.64 bits per heavy atom. The van der Waals surface area contributed by atoms with E-state index in [0.717, 1.165) is 24.2 Å². The minimum absolute atomic E-state index is 0.0482. The molecule has 76 valence electrons. The van der Waals surface area contributed by atoms with E-state index in [1.165, 1.54) is 6.07 Å². The highest BCUT2D eigenvalue weighted by atomic mass is 19.1. The van der Waals surface area contributed by atoms with Gasteiger partial charge in [-0.2, -0.15) is 0 Å². The molecule has 0 heterocycles. The first kappa shape index (κ1) is 9.46. The van der Waals surface area contributed by atoms with Crippen LogP contribution in [0.3, 0.4) is 0 Å². The molecule has 1 N–H and O–H groups in total. The monoisotopic (exact) mass is 195 g/mol. The second-order valence-corrected chi connectivity index (χ2v) is 3.68. The van der Waals surface area contributed by atoms with E-state index in [2.05, 4.69) is 5.32 Å². The van der Waals surface area contributed by atoms with Gasteiger partial charge in [-0.3, -0.25) is 0 Å². The molecule has 1 aromatic rings. The highest BCUT2D eigenvalue weighted by Gasteiger charge is 2.44. The fourth-order valence-electron chi connectivity index (χ4n) is 1.83. The van der Waals surface area contributed by atoms with Crippen molar-refractivity contribution in [3.05, 3.63) is 29.6 Å². The molecule has 0 bridgehead atoms. The van der Waals surface area contributed by atoms with Crippen LogP contribution >= 0.6 is 0 Å². The van der Waals surface area contributed by atoms with Gasteiger partial charge in [0.1, 0.15) is 11.6 Å². The zero-order valence-electron chi connectivity index (χ0n) is 8.43. The van der Waals surface area contributed by atoms with Crippen LogP contribution in [0.25, 0.3) is 0 Å². The lowest BCUT2D eigenvalue weighted by molar-refractivity contribution is 0.397. The zero-order chi connectivity index (χ0) is 10.2. The van der Waals surface area contributed by atoms with Gasteiger partial charge in [-0.1, -0.05) is 0 Å². The second kappa shape index (κ2) is 3.24. The van der Waals surface area contributed by atoms with Crippen molar-refractivity contribution in [3.8, 4) is 5.75 Å². The SMILES string of the molecule is CNC1(c2cc(F)ccc2OC)CC1. The Morgan fingerprint density at radius 2 is 2.14 bits per heavy atom. The summed E-state index contributed by atoms with van der Waals surface area (Å²) >= 11 is 0. The van der Waals surface area contributed by atoms with E-state index in [9.17, 15) is 4.39 Å². The van der Waals surface area contributed by atoms with Crippen LogP contribution in [-0.2, 0) is 5.54 Å². The molecular formula is C11H14FNO. The van der Waals surface area contributed by atoms with E-state index in [-0.39, 0.29) is 11.4 Å². The van der Waals surface area contributed by atoms with Crippen molar-refractivity contribution in [2.24, 2.45) is 0 Å². The number of halogens is 1. The molecule has 0 saturated heterocycles. The average molecular weight is 195 g/mol. The topological polar surface area (TPSA) is 21.3 Å². The second-order valence-electron chi connectivity index (χ2n) is 3.68. The van der Waals surface area contributed by atoms with Crippen LogP contribution in [0.5, 0.6) is 5.75 Å². The first-order valence-corrected chi connectivity index (χ1v) is 4.75. The average Bonchev–Trinajstić information content (AvgIpc) is 2.98. The Kier molecular flexibility index (Phi) is 2.19. The molecule has 2 nitrogen and oxygen atoms in total. The summed E-state index contributed by atoms with van der Waals surface area (Å²) in [5.41, 5.74) is 0.885. The molecule has 0 aromatic heterocycles. The number of methoxy groups -OCH3 is 1. The Hall–Kier alpha value is -1.09. The van der Waals surface area contributed by atoms with E-state index in [1.54, 1.807) is 19.2 Å². The van der Waals surface area contributed by atoms with Gasteiger partial charge in [0.15, 0.2) is 0 Å². The van der Waals surface area contributed by atoms with Gasteiger partial charge in [0, 0.05) is 11.1 Å². The third-order valence-electron chi connectivity index (χ3n) is 2.91. The van der Waals surface area contributed by atoms with Gasteiger partial charge in [0.2, 0.25) is 0 Å². The van der Waals surface area contributed by atoms with Crippen molar-refractivity contribution in [2.45, 2.75) is 18.4 Å². The third kappa shape index (κ3) is 1.38. The van der Waals surface area contributed by atoms with Crippen LogP contribution in [0, 0.1) is 5.82 Å². The van der Waals surface area contributed by atoms with Crippen LogP contribution in [0.2, 0.25) is 0 Å². The van der Waals surface area contributed by atoms with Crippen LogP contribution < -0.4 is 10.1 Å². The summed E-state index contributed by atoms with van der Waals surface area (Å²) in [6, 6.07) is 4.67. The van der Waals surface area contributed by atoms with Crippen LogP contribution in [0.15, 0.2) is 18.2 Å². The smallest absolute Gasteiger partial charge is 0.124 e. The van der Waals surface area contributed by atoms with Gasteiger partial charge in [-0.25, -0.2) is 4.39 Å². The molecule has 0 aliphatic heterocycles. The van der Waals surface area contributed by atoms with E-state index < -0.39 is 0 Å². The summed E-state index contributed by atoms with van der Waals surface area (Å²) in [5.74, 6) is 0.556. The van der Waals surface area contributed by atoms with Gasteiger partial charge in [0.25, 0.3) is 0 Å². The zero-order valence-corrected chi connectivity index (χ0v) is 8.43.